The number of hydrogen-bond acceptors (Lipinski definition) is 7. The maximum absolute atomic E-state index is 10.7. The van der Waals surface area contributed by atoms with Crippen molar-refractivity contribution < 1.29 is 20.1 Å². The van der Waals surface area contributed by atoms with Crippen molar-refractivity contribution in [1.82, 2.24) is 0 Å². The van der Waals surface area contributed by atoms with Crippen LogP contribution < -0.4 is 0 Å². The molecule has 0 aliphatic carbocycles. The summed E-state index contributed by atoms with van der Waals surface area (Å²) in [6.45, 7) is 1.19. The minimum atomic E-state index is -1.70. The Morgan fingerprint density at radius 3 is 1.69 bits per heavy atom. The Balaban J connectivity index is 3.83. The van der Waals surface area contributed by atoms with Crippen molar-refractivity contribution in [2.45, 2.75) is 6.92 Å². The van der Waals surface area contributed by atoms with Crippen LogP contribution >= 0.6 is 0 Å². The second-order valence-corrected chi connectivity index (χ2v) is 2.88. The Morgan fingerprint density at radius 2 is 1.44 bits per heavy atom. The van der Waals surface area contributed by atoms with Gasteiger partial charge in [0.1, 0.15) is 5.56 Å². The molecule has 1 rings (SSSR count). The molecule has 0 bridgehead atoms. The molecule has 1 aromatic rings. The number of benzene rings is 1. The molecule has 0 aromatic heterocycles. The zero-order valence-electron chi connectivity index (χ0n) is 7.96. The third-order valence-corrected chi connectivity index (χ3v) is 2.03. The topological polar surface area (TPSA) is 137 Å². The van der Waals surface area contributed by atoms with Gasteiger partial charge in [-0.2, -0.15) is 0 Å². The highest BCUT2D eigenvalue weighted by molar-refractivity contribution is 5.99. The summed E-state index contributed by atoms with van der Waals surface area (Å²) in [4.78, 5) is 31.4. The molecule has 0 spiro atoms. The van der Waals surface area contributed by atoms with Crippen molar-refractivity contribution in [2.24, 2.45) is 10.4 Å². The molecule has 0 unspecified atom stereocenters. The first kappa shape index (κ1) is 11.6. The summed E-state index contributed by atoms with van der Waals surface area (Å²) in [5.41, 5.74) is -2.44. The van der Waals surface area contributed by atoms with Crippen LogP contribution in [0.2, 0.25) is 0 Å². The zero-order valence-corrected chi connectivity index (χ0v) is 7.96. The summed E-state index contributed by atoms with van der Waals surface area (Å²) in [5, 5.41) is 32.2. The van der Waals surface area contributed by atoms with Crippen LogP contribution in [0.4, 0.5) is 11.4 Å². The largest absolute Gasteiger partial charge is 0.505 e. The van der Waals surface area contributed by atoms with Crippen molar-refractivity contribution >= 4 is 17.3 Å². The Hall–Kier alpha value is -2.51. The third kappa shape index (κ3) is 1.45. The van der Waals surface area contributed by atoms with Crippen molar-refractivity contribution in [3.63, 3.8) is 0 Å². The second-order valence-electron chi connectivity index (χ2n) is 2.88. The van der Waals surface area contributed by atoms with Gasteiger partial charge in [0.25, 0.3) is 0 Å². The molecule has 8 heteroatoms. The van der Waals surface area contributed by atoms with Crippen LogP contribution in [0.25, 0.3) is 0 Å². The summed E-state index contributed by atoms with van der Waals surface area (Å²) in [6.07, 6.45) is 0. The number of aromatic carboxylic acids is 1. The lowest BCUT2D eigenvalue weighted by atomic mass is 10.0. The number of rotatable bonds is 3. The lowest BCUT2D eigenvalue weighted by Gasteiger charge is -2.08. The normalized spacial score (nSPS) is 9.81. The van der Waals surface area contributed by atoms with Gasteiger partial charge in [-0.3, -0.25) is 0 Å². The molecule has 8 nitrogen and oxygen atoms in total. The van der Waals surface area contributed by atoms with E-state index in [4.69, 9.17) is 5.11 Å². The van der Waals surface area contributed by atoms with E-state index >= 15 is 0 Å². The molecule has 0 heterocycles. The van der Waals surface area contributed by atoms with E-state index in [9.17, 15) is 24.8 Å². The number of hydrogen-bond donors (Lipinski definition) is 3. The maximum atomic E-state index is 10.7. The van der Waals surface area contributed by atoms with Gasteiger partial charge >= 0.3 is 5.97 Å². The first-order chi connectivity index (χ1) is 7.45. The number of phenols is 2. The number of carboxylic acids is 1. The number of nitroso groups, excluding NO2 is 2. The fourth-order valence-electron chi connectivity index (χ4n) is 1.24. The number of carboxylic acid groups (broad SMARTS) is 1. The van der Waals surface area contributed by atoms with Crippen LogP contribution in [0.5, 0.6) is 11.5 Å². The fourth-order valence-corrected chi connectivity index (χ4v) is 1.24. The molecule has 0 saturated carbocycles. The second kappa shape index (κ2) is 3.93. The number of aromatic hydroxyl groups is 2. The van der Waals surface area contributed by atoms with Crippen LogP contribution in [0.1, 0.15) is 15.9 Å². The first-order valence-corrected chi connectivity index (χ1v) is 3.94. The van der Waals surface area contributed by atoms with E-state index in [0.717, 1.165) is 0 Å². The molecule has 16 heavy (non-hydrogen) atoms. The molecule has 0 atom stereocenters. The summed E-state index contributed by atoms with van der Waals surface area (Å²) in [6, 6.07) is 0. The zero-order chi connectivity index (χ0) is 12.5. The lowest BCUT2D eigenvalue weighted by molar-refractivity contribution is 0.0690. The lowest BCUT2D eigenvalue weighted by Crippen LogP contribution is -1.99. The van der Waals surface area contributed by atoms with E-state index in [2.05, 4.69) is 10.4 Å². The summed E-state index contributed by atoms with van der Waals surface area (Å²) in [7, 11) is 0. The Bertz CT molecular complexity index is 461. The SMILES string of the molecule is Cc1c(N=O)c(O)c(C(=O)O)c(O)c1N=O. The molecule has 0 fully saturated rings. The molecular formula is C8H6N2O6. The third-order valence-electron chi connectivity index (χ3n) is 2.03. The van der Waals surface area contributed by atoms with Gasteiger partial charge in [0.2, 0.25) is 0 Å². The molecule has 0 amide bonds. The van der Waals surface area contributed by atoms with Crippen molar-refractivity contribution in [1.29, 1.82) is 0 Å². The van der Waals surface area contributed by atoms with Crippen LogP contribution in [0.3, 0.4) is 0 Å². The maximum Gasteiger partial charge on any atom is 0.343 e. The first-order valence-electron chi connectivity index (χ1n) is 3.94. The van der Waals surface area contributed by atoms with Gasteiger partial charge < -0.3 is 15.3 Å². The number of carbonyl (C=O) groups is 1. The quantitative estimate of drug-likeness (QED) is 0.673. The van der Waals surface area contributed by atoms with E-state index in [1.165, 1.54) is 6.92 Å². The molecule has 0 saturated heterocycles. The van der Waals surface area contributed by atoms with Crippen molar-refractivity contribution in [2.75, 3.05) is 0 Å². The molecule has 1 aromatic carbocycles. The highest BCUT2D eigenvalue weighted by Crippen LogP contribution is 2.46. The van der Waals surface area contributed by atoms with Gasteiger partial charge in [-0.05, 0) is 17.3 Å². The minimum Gasteiger partial charge on any atom is -0.505 e. The molecule has 0 radical (unpaired) electrons. The Kier molecular flexibility index (Phi) is 2.84. The average Bonchev–Trinajstić information content (AvgIpc) is 2.18. The average molecular weight is 226 g/mol. The van der Waals surface area contributed by atoms with E-state index in [1.54, 1.807) is 0 Å². The van der Waals surface area contributed by atoms with Gasteiger partial charge in [-0.25, -0.2) is 4.79 Å². The highest BCUT2D eigenvalue weighted by atomic mass is 16.4. The monoisotopic (exact) mass is 226 g/mol. The van der Waals surface area contributed by atoms with Gasteiger partial charge in [-0.15, -0.1) is 9.81 Å². The van der Waals surface area contributed by atoms with Crippen LogP contribution in [-0.4, -0.2) is 21.3 Å². The Labute approximate surface area is 88.1 Å². The van der Waals surface area contributed by atoms with Gasteiger partial charge in [0, 0.05) is 5.56 Å². The molecule has 0 aliphatic heterocycles. The van der Waals surface area contributed by atoms with Gasteiger partial charge in [0.15, 0.2) is 22.9 Å². The summed E-state index contributed by atoms with van der Waals surface area (Å²) >= 11 is 0. The van der Waals surface area contributed by atoms with E-state index in [1.807, 2.05) is 0 Å². The van der Waals surface area contributed by atoms with E-state index < -0.39 is 34.4 Å². The smallest absolute Gasteiger partial charge is 0.343 e. The van der Waals surface area contributed by atoms with Gasteiger partial charge in [0.05, 0.1) is 0 Å². The Morgan fingerprint density at radius 1 is 1.06 bits per heavy atom. The van der Waals surface area contributed by atoms with Crippen LogP contribution in [-0.2, 0) is 0 Å². The van der Waals surface area contributed by atoms with Gasteiger partial charge in [-0.1, -0.05) is 0 Å². The summed E-state index contributed by atoms with van der Waals surface area (Å²) < 4.78 is 0. The van der Waals surface area contributed by atoms with Crippen molar-refractivity contribution in [3.8, 4) is 11.5 Å². The predicted molar refractivity (Wildman–Crippen MR) is 52.4 cm³/mol. The predicted octanol–water partition coefficient (Wildman–Crippen LogP) is 1.90. The number of nitrogens with zero attached hydrogens (tertiary/aromatic N) is 2. The molecule has 3 N–H and O–H groups in total. The van der Waals surface area contributed by atoms with Crippen molar-refractivity contribution in [3.05, 3.63) is 20.9 Å². The molecule has 0 aliphatic rings. The van der Waals surface area contributed by atoms with Crippen LogP contribution in [0, 0.1) is 16.7 Å². The molecule has 84 valence electrons. The highest BCUT2D eigenvalue weighted by Gasteiger charge is 2.27. The van der Waals surface area contributed by atoms with Crippen LogP contribution in [0.15, 0.2) is 10.4 Å². The standard InChI is InChI=1S/C8H6N2O6/c1-2-4(9-15)6(11)3(8(13)14)7(12)5(2)10-16/h11-12H,1H3,(H,13,14). The molecular weight excluding hydrogens is 220 g/mol. The fraction of sp³-hybridized carbons (Fsp3) is 0.125. The van der Waals surface area contributed by atoms with E-state index in [-0.39, 0.29) is 5.56 Å². The minimum absolute atomic E-state index is 0.190. The summed E-state index contributed by atoms with van der Waals surface area (Å²) in [5.74, 6) is -3.69. The van der Waals surface area contributed by atoms with E-state index in [0.29, 0.717) is 0 Å².